The molecule has 0 bridgehead atoms. The minimum atomic E-state index is -1.13. The van der Waals surface area contributed by atoms with Crippen LogP contribution in [0.25, 0.3) is 72.7 Å². The molecule has 4 N–H and O–H groups in total. The van der Waals surface area contributed by atoms with Crippen LogP contribution in [0.15, 0.2) is 170 Å². The second-order valence-electron chi connectivity index (χ2n) is 24.3. The summed E-state index contributed by atoms with van der Waals surface area (Å²) in [5, 5.41) is 22.4. The van der Waals surface area contributed by atoms with Crippen molar-refractivity contribution >= 4 is 62.4 Å². The fourth-order valence-corrected chi connectivity index (χ4v) is 13.1. The van der Waals surface area contributed by atoms with Crippen LogP contribution in [0, 0.1) is 17.5 Å². The Morgan fingerprint density at radius 2 is 1.02 bits per heavy atom. The van der Waals surface area contributed by atoms with Crippen molar-refractivity contribution in [1.82, 2.24) is 59.9 Å². The van der Waals surface area contributed by atoms with Crippen LogP contribution in [0.3, 0.4) is 0 Å². The van der Waals surface area contributed by atoms with Crippen molar-refractivity contribution in [3.63, 3.8) is 0 Å². The molecule has 484 valence electrons. The van der Waals surface area contributed by atoms with E-state index < -0.39 is 11.2 Å². The van der Waals surface area contributed by atoms with Gasteiger partial charge in [-0.15, -0.1) is 0 Å². The molecule has 4 aliphatic rings. The zero-order valence-corrected chi connectivity index (χ0v) is 52.4. The third kappa shape index (κ3) is 13.9. The number of nitrogens with zero attached hydrogens (tertiary/aromatic N) is 10. The van der Waals surface area contributed by atoms with Gasteiger partial charge in [-0.1, -0.05) is 42.5 Å². The van der Waals surface area contributed by atoms with Gasteiger partial charge in [0, 0.05) is 141 Å². The smallest absolute Gasteiger partial charge is 0.258 e. The van der Waals surface area contributed by atoms with E-state index in [1.807, 2.05) is 51.1 Å². The van der Waals surface area contributed by atoms with Gasteiger partial charge in [0.2, 0.25) is 11.8 Å². The van der Waals surface area contributed by atoms with Gasteiger partial charge in [0.25, 0.3) is 11.8 Å². The van der Waals surface area contributed by atoms with Crippen LogP contribution in [-0.2, 0) is 28.7 Å². The minimum absolute atomic E-state index is 0.0617. The van der Waals surface area contributed by atoms with Gasteiger partial charge in [-0.2, -0.15) is 10.2 Å². The van der Waals surface area contributed by atoms with E-state index in [1.54, 1.807) is 91.4 Å². The Morgan fingerprint density at radius 3 is 1.49 bits per heavy atom. The van der Waals surface area contributed by atoms with Crippen LogP contribution in [-0.4, -0.2) is 174 Å². The number of H-pyrrole nitrogens is 2. The fraction of sp³-hybridized carbons (Fsp3) is 0.278. The predicted molar refractivity (Wildman–Crippen MR) is 354 cm³/mol. The predicted octanol–water partition coefficient (Wildman–Crippen LogP) is 10.6. The summed E-state index contributed by atoms with van der Waals surface area (Å²) < 4.78 is 53.6. The van der Waals surface area contributed by atoms with Crippen molar-refractivity contribution in [1.29, 1.82) is 0 Å². The first-order valence-corrected chi connectivity index (χ1v) is 31.6. The van der Waals surface area contributed by atoms with Gasteiger partial charge < -0.3 is 29.9 Å². The number of anilines is 2. The van der Waals surface area contributed by atoms with Crippen LogP contribution in [0.5, 0.6) is 0 Å². The highest BCUT2D eigenvalue weighted by atomic mass is 19.1. The molecule has 14 rings (SSSR count). The number of hydrogen-bond donors (Lipinski definition) is 4. The molecule has 8 heterocycles. The molecule has 3 fully saturated rings. The van der Waals surface area contributed by atoms with Crippen molar-refractivity contribution in [3.8, 4) is 45.3 Å². The topological polar surface area (TPSA) is 233 Å². The molecule has 3 saturated heterocycles. The number of aromatic amines is 2. The number of rotatable bonds is 16. The summed E-state index contributed by atoms with van der Waals surface area (Å²) in [5.74, 6) is 0.0199. The molecule has 4 aliphatic heterocycles. The average Bonchev–Trinajstić information content (AvgIpc) is 1.70. The maximum atomic E-state index is 15.1. The number of nitrogens with one attached hydrogen (secondary N) is 4. The molecule has 23 heteroatoms. The quantitative estimate of drug-likeness (QED) is 0.0705. The number of piperidine rings is 1. The highest BCUT2D eigenvalue weighted by molar-refractivity contribution is 6.03. The molecule has 6 aromatic carbocycles. The summed E-state index contributed by atoms with van der Waals surface area (Å²) in [6.07, 6.45) is 11.8. The molecule has 20 nitrogen and oxygen atoms in total. The van der Waals surface area contributed by atoms with Gasteiger partial charge in [0.15, 0.2) is 22.9 Å². The molecule has 4 aromatic heterocycles. The van der Waals surface area contributed by atoms with Crippen molar-refractivity contribution in [3.05, 3.63) is 199 Å². The Labute approximate surface area is 545 Å². The van der Waals surface area contributed by atoms with E-state index in [2.05, 4.69) is 75.2 Å². The maximum absolute atomic E-state index is 15.1. The van der Waals surface area contributed by atoms with Crippen molar-refractivity contribution in [2.45, 2.75) is 49.2 Å². The fourth-order valence-electron chi connectivity index (χ4n) is 13.1. The first-order valence-electron chi connectivity index (χ1n) is 31.6. The number of carbonyl (C=O) groups is 4. The normalized spacial score (nSPS) is 18.6. The number of carbonyl (C=O) groups excluding carboxylic acids is 4. The maximum Gasteiger partial charge on any atom is 0.258 e. The van der Waals surface area contributed by atoms with Gasteiger partial charge in [-0.25, -0.2) is 33.1 Å². The van der Waals surface area contributed by atoms with E-state index in [0.29, 0.717) is 117 Å². The van der Waals surface area contributed by atoms with Crippen LogP contribution in [0.4, 0.5) is 24.5 Å². The molecule has 0 radical (unpaired) electrons. The molecule has 4 amide bonds. The number of ether oxygens (including phenoxy) is 2. The summed E-state index contributed by atoms with van der Waals surface area (Å²) in [7, 11) is 3.05. The summed E-state index contributed by atoms with van der Waals surface area (Å²) >= 11 is 0. The van der Waals surface area contributed by atoms with Gasteiger partial charge in [-0.3, -0.25) is 39.2 Å². The number of hydrogen-bond acceptors (Lipinski definition) is 14. The number of methoxy groups -OCH3 is 2. The molecule has 10 aromatic rings. The van der Waals surface area contributed by atoms with Crippen molar-refractivity contribution < 1.29 is 41.8 Å². The van der Waals surface area contributed by atoms with Gasteiger partial charge >= 0.3 is 0 Å². The zero-order chi connectivity index (χ0) is 65.6. The van der Waals surface area contributed by atoms with E-state index >= 15 is 4.39 Å². The zero-order valence-electron chi connectivity index (χ0n) is 52.4. The van der Waals surface area contributed by atoms with E-state index in [1.165, 1.54) is 43.0 Å². The Balaban J connectivity index is 0.000000172. The summed E-state index contributed by atoms with van der Waals surface area (Å²) in [4.78, 5) is 78.5. The molecule has 0 unspecified atom stereocenters. The molecule has 95 heavy (non-hydrogen) atoms. The Kier molecular flexibility index (Phi) is 18.5. The van der Waals surface area contributed by atoms with E-state index in [9.17, 15) is 28.0 Å². The molecule has 0 aliphatic carbocycles. The lowest BCUT2D eigenvalue weighted by Crippen LogP contribution is -2.48. The molecular weight excluding hydrogens is 1210 g/mol. The second-order valence-corrected chi connectivity index (χ2v) is 24.3. The number of aromatic nitrogens is 8. The third-order valence-electron chi connectivity index (χ3n) is 18.6. The Hall–Kier alpha value is -10.3. The van der Waals surface area contributed by atoms with Crippen LogP contribution in [0.1, 0.15) is 49.1 Å². The standard InChI is InChI=1S/C36H33F2N7O3.C36H36FN7O3/c1-48-36(35(47)41-27-8-10-31-29(20-27)33(43-42-31)24-3-6-26(37)7-4-24)13-18-44(22-36)21-32(46)45-16-11-23(12-17-45)28-9-5-25(19-30(28)38)34-39-14-2-15-40-34;1-47-36(35(46)40-29-11-12-31-30(21-29)33(42-41-31)26-7-9-28(37)10-8-26)15-20-43(23-36)22-32(45)44-18-13-25(14-19-44)24-3-5-27(6-4-24)34-38-16-2-17-39-34/h2-11,14-15,19-20H,12-13,16-18,21-22H2,1H3,(H,41,47)(H,42,43);2-12,16-17,21,25H,13-15,18-20,22-23H2,1H3,(H,40,46)(H,41,42)/t2*36-/m00/s1. The second kappa shape index (κ2) is 27.7. The highest BCUT2D eigenvalue weighted by Crippen LogP contribution is 2.36. The lowest BCUT2D eigenvalue weighted by Gasteiger charge is -2.33. The van der Waals surface area contributed by atoms with Gasteiger partial charge in [0.1, 0.15) is 17.5 Å². The summed E-state index contributed by atoms with van der Waals surface area (Å²) in [6, 6.07) is 40.1. The van der Waals surface area contributed by atoms with Crippen LogP contribution >= 0.6 is 0 Å². The first-order chi connectivity index (χ1) is 46.2. The molecular formula is C72H69F3N14O6. The number of halogens is 3. The minimum Gasteiger partial charge on any atom is -0.367 e. The summed E-state index contributed by atoms with van der Waals surface area (Å²) in [5.41, 5.74) is 7.60. The molecule has 0 saturated carbocycles. The van der Waals surface area contributed by atoms with E-state index in [-0.39, 0.29) is 60.7 Å². The van der Waals surface area contributed by atoms with Crippen LogP contribution < -0.4 is 10.6 Å². The lowest BCUT2D eigenvalue weighted by atomic mass is 9.89. The monoisotopic (exact) mass is 1280 g/mol. The van der Waals surface area contributed by atoms with E-state index in [4.69, 9.17) is 9.47 Å². The van der Waals surface area contributed by atoms with Crippen molar-refractivity contribution in [2.24, 2.45) is 0 Å². The molecule has 2 atom stereocenters. The lowest BCUT2D eigenvalue weighted by molar-refractivity contribution is -0.138. The SMILES string of the molecule is CO[C@@]1(C(=O)Nc2ccc3[nH]nc(-c4ccc(F)cc4)c3c2)CCN(CC(=O)N2CC=C(c3ccc(-c4ncccn4)cc3F)CC2)C1.CO[C@@]1(C(=O)Nc2ccc3[nH]nc(-c4ccc(F)cc4)c3c2)CCN(CC(=O)N2CCC(c3ccc(-c4ncccn4)cc3)CC2)C1. The average molecular weight is 1280 g/mol. The molecule has 0 spiro atoms. The Bertz CT molecular complexity index is 4460. The first kappa shape index (κ1) is 63.4. The van der Waals surface area contributed by atoms with Crippen molar-refractivity contribution in [2.75, 3.05) is 90.3 Å². The number of fused-ring (bicyclic) bond motifs is 2. The van der Waals surface area contributed by atoms with Gasteiger partial charge in [0.05, 0.1) is 35.5 Å². The van der Waals surface area contributed by atoms with E-state index in [0.717, 1.165) is 56.9 Å². The summed E-state index contributed by atoms with van der Waals surface area (Å²) in [6.45, 7) is 4.31. The Morgan fingerprint density at radius 1 is 0.547 bits per heavy atom. The largest absolute Gasteiger partial charge is 0.367 e. The number of likely N-dealkylation sites (tertiary alicyclic amines) is 3. The van der Waals surface area contributed by atoms with Gasteiger partial charge in [-0.05, 0) is 152 Å². The van der Waals surface area contributed by atoms with Crippen LogP contribution in [0.2, 0.25) is 0 Å². The number of benzene rings is 6. The highest BCUT2D eigenvalue weighted by Gasteiger charge is 2.47. The number of amides is 4. The third-order valence-corrected chi connectivity index (χ3v) is 18.6.